The molecule has 2 aliphatic rings. The number of carbonyl (C=O) groups excluding carboxylic acids is 3. The highest BCUT2D eigenvalue weighted by Gasteiger charge is 2.45. The third-order valence-electron chi connectivity index (χ3n) is 12.5. The molecule has 0 radical (unpaired) electrons. The van der Waals surface area contributed by atoms with Crippen LogP contribution in [0.4, 0.5) is 4.39 Å². The van der Waals surface area contributed by atoms with Crippen molar-refractivity contribution in [3.8, 4) is 5.75 Å². The first kappa shape index (κ1) is 55.6. The van der Waals surface area contributed by atoms with Crippen LogP contribution < -0.4 is 10.6 Å². The molecule has 6 unspecified atom stereocenters. The lowest BCUT2D eigenvalue weighted by Crippen LogP contribution is -2.57. The number of amides is 3. The van der Waals surface area contributed by atoms with Crippen molar-refractivity contribution in [3.05, 3.63) is 113 Å². The number of benzene rings is 2. The number of halogens is 1. The average molecular weight is 922 g/mol. The molecule has 14 heteroatoms. The molecule has 3 amide bonds. The predicted octanol–water partition coefficient (Wildman–Crippen LogP) is 6.32. The topological polar surface area (TPSA) is 220 Å². The number of hydrogen-bond acceptors (Lipinski definition) is 10. The summed E-state index contributed by atoms with van der Waals surface area (Å²) in [4.78, 5) is 39.2. The normalized spacial score (nSPS) is 20.7. The quantitative estimate of drug-likeness (QED) is 0.0291. The van der Waals surface area contributed by atoms with Crippen LogP contribution in [0.5, 0.6) is 5.75 Å². The minimum atomic E-state index is -1.72. The standard InChI is InChI=1S/C43H65N3O9.C9H11FO/c1-29(2)32(15-14-24-46-39(30(3)42(46)55)31-20-22-43(4,23-21-31)33-16-13-17-34(48)25-33)26-44-37(51)18-11-9-7-5-6-8-10-12-19-38(52)45-27-35(49)40(53)41(54)36(50)28-47;1-2-9(11)7-3-5-8(10)6-4-7/h13-17,20-22,24-25,29-30,35-36,39-41,47-50,53-54H,5-12,18-19,23,26-28H2,1-4H3,(H,44,51)(H,45,52);3-6,9,11H,2H2,1H3/b24-14+,32-15-;/t30-,35?,36-,39?,40?,41?,43?;/m1./s1. The van der Waals surface area contributed by atoms with Crippen LogP contribution in [0, 0.1) is 17.7 Å². The summed E-state index contributed by atoms with van der Waals surface area (Å²) in [5.41, 5.74) is 3.78. The first-order valence-corrected chi connectivity index (χ1v) is 23.6. The summed E-state index contributed by atoms with van der Waals surface area (Å²) >= 11 is 0. The Kier molecular flexibility index (Phi) is 24.0. The Morgan fingerprint density at radius 3 is 2.02 bits per heavy atom. The van der Waals surface area contributed by atoms with Crippen LogP contribution in [0.25, 0.3) is 0 Å². The lowest BCUT2D eigenvalue weighted by Gasteiger charge is -2.45. The molecule has 366 valence electrons. The lowest BCUT2D eigenvalue weighted by atomic mass is 9.73. The largest absolute Gasteiger partial charge is 0.508 e. The van der Waals surface area contributed by atoms with Gasteiger partial charge in [0.05, 0.1) is 30.8 Å². The van der Waals surface area contributed by atoms with E-state index in [1.54, 1.807) is 29.2 Å². The number of nitrogens with one attached hydrogen (secondary N) is 2. The molecule has 1 heterocycles. The van der Waals surface area contributed by atoms with E-state index in [1.807, 2.05) is 44.3 Å². The van der Waals surface area contributed by atoms with Crippen LogP contribution in [-0.4, -0.2) is 109 Å². The highest BCUT2D eigenvalue weighted by molar-refractivity contribution is 5.88. The molecular formula is C52H76FN3O10. The molecule has 1 aliphatic carbocycles. The number of carbonyl (C=O) groups is 3. The van der Waals surface area contributed by atoms with E-state index in [2.05, 4.69) is 49.6 Å². The van der Waals surface area contributed by atoms with Crippen LogP contribution in [0.1, 0.15) is 129 Å². The summed E-state index contributed by atoms with van der Waals surface area (Å²) in [5.74, 6) is -0.0730. The number of aliphatic hydroxyl groups excluding tert-OH is 6. The summed E-state index contributed by atoms with van der Waals surface area (Å²) in [6.07, 6.45) is 14.9. The van der Waals surface area contributed by atoms with Gasteiger partial charge in [-0.3, -0.25) is 14.4 Å². The third kappa shape index (κ3) is 17.8. The van der Waals surface area contributed by atoms with Crippen LogP contribution in [0.2, 0.25) is 0 Å². The molecule has 2 aromatic rings. The molecule has 1 aliphatic heterocycles. The van der Waals surface area contributed by atoms with Gasteiger partial charge in [-0.2, -0.15) is 0 Å². The molecule has 8 atom stereocenters. The average Bonchev–Trinajstić information content (AvgIpc) is 3.31. The van der Waals surface area contributed by atoms with E-state index in [4.69, 9.17) is 5.11 Å². The highest BCUT2D eigenvalue weighted by atomic mass is 19.1. The van der Waals surface area contributed by atoms with Gasteiger partial charge >= 0.3 is 0 Å². The second-order valence-electron chi connectivity index (χ2n) is 18.1. The maximum atomic E-state index is 12.8. The van der Waals surface area contributed by atoms with E-state index in [-0.39, 0.29) is 65.5 Å². The Morgan fingerprint density at radius 2 is 1.47 bits per heavy atom. The molecular weight excluding hydrogens is 846 g/mol. The van der Waals surface area contributed by atoms with Crippen LogP contribution in [-0.2, 0) is 19.8 Å². The maximum Gasteiger partial charge on any atom is 0.232 e. The summed E-state index contributed by atoms with van der Waals surface area (Å²) in [6, 6.07) is 13.2. The van der Waals surface area contributed by atoms with Gasteiger partial charge in [-0.1, -0.05) is 122 Å². The van der Waals surface area contributed by atoms with Crippen LogP contribution >= 0.6 is 0 Å². The van der Waals surface area contributed by atoms with Crippen molar-refractivity contribution >= 4 is 17.7 Å². The monoisotopic (exact) mass is 922 g/mol. The number of unbranched alkanes of at least 4 members (excludes halogenated alkanes) is 7. The van der Waals surface area contributed by atoms with Gasteiger partial charge in [0.15, 0.2) is 0 Å². The zero-order valence-electron chi connectivity index (χ0n) is 39.5. The van der Waals surface area contributed by atoms with Gasteiger partial charge in [0, 0.05) is 37.5 Å². The molecule has 4 rings (SSSR count). The van der Waals surface area contributed by atoms with Crippen molar-refractivity contribution in [2.24, 2.45) is 11.8 Å². The molecule has 2 aromatic carbocycles. The van der Waals surface area contributed by atoms with E-state index >= 15 is 0 Å². The molecule has 0 saturated carbocycles. The highest BCUT2D eigenvalue weighted by Crippen LogP contribution is 2.40. The number of likely N-dealkylation sites (tertiary alicyclic amines) is 1. The van der Waals surface area contributed by atoms with E-state index in [9.17, 15) is 49.4 Å². The number of nitrogens with zero attached hydrogens (tertiary/aromatic N) is 1. The van der Waals surface area contributed by atoms with Gasteiger partial charge in [0.25, 0.3) is 0 Å². The predicted molar refractivity (Wildman–Crippen MR) is 254 cm³/mol. The van der Waals surface area contributed by atoms with Crippen molar-refractivity contribution < 1.29 is 54.5 Å². The van der Waals surface area contributed by atoms with Gasteiger partial charge in [-0.15, -0.1) is 0 Å². The summed E-state index contributed by atoms with van der Waals surface area (Å²) < 4.78 is 12.4. The molecule has 0 bridgehead atoms. The van der Waals surface area contributed by atoms with Crippen LogP contribution in [0.3, 0.4) is 0 Å². The zero-order chi connectivity index (χ0) is 48.8. The number of allylic oxidation sites excluding steroid dienone is 4. The minimum Gasteiger partial charge on any atom is -0.508 e. The lowest BCUT2D eigenvalue weighted by molar-refractivity contribution is -0.147. The van der Waals surface area contributed by atoms with Gasteiger partial charge in [-0.25, -0.2) is 4.39 Å². The van der Waals surface area contributed by atoms with Crippen molar-refractivity contribution in [1.29, 1.82) is 0 Å². The molecule has 66 heavy (non-hydrogen) atoms. The van der Waals surface area contributed by atoms with E-state index < -0.39 is 37.1 Å². The first-order chi connectivity index (χ1) is 31.4. The fourth-order valence-electron chi connectivity index (χ4n) is 7.87. The van der Waals surface area contributed by atoms with E-state index in [0.717, 1.165) is 73.6 Å². The van der Waals surface area contributed by atoms with Crippen molar-refractivity contribution in [3.63, 3.8) is 0 Å². The smallest absolute Gasteiger partial charge is 0.232 e. The van der Waals surface area contributed by atoms with Gasteiger partial charge < -0.3 is 51.3 Å². The summed E-state index contributed by atoms with van der Waals surface area (Å²) in [5, 5.41) is 72.4. The van der Waals surface area contributed by atoms with E-state index in [0.29, 0.717) is 25.8 Å². The van der Waals surface area contributed by atoms with Crippen molar-refractivity contribution in [1.82, 2.24) is 15.5 Å². The Balaban J connectivity index is 0.000000915. The number of rotatable bonds is 26. The minimum absolute atomic E-state index is 0.0234. The SMILES string of the molecule is CC(C)/C(=C\C=C\N1C(=O)[C@H](C)C1C1=CCC(C)(c2cccc(O)c2)C=C1)CNC(=O)CCCCCCCCCCC(=O)NCC(O)C(O)C(O)[C@H](O)CO.CCC(O)c1ccc(F)cc1. The molecule has 13 nitrogen and oxygen atoms in total. The summed E-state index contributed by atoms with van der Waals surface area (Å²) in [6.45, 7) is 9.58. The van der Waals surface area contributed by atoms with Crippen molar-refractivity contribution in [2.75, 3.05) is 19.7 Å². The van der Waals surface area contributed by atoms with Gasteiger partial charge in [0.1, 0.15) is 29.9 Å². The number of hydrogen-bond donors (Lipinski definition) is 9. The fraction of sp³-hybridized carbons (Fsp3) is 0.558. The van der Waals surface area contributed by atoms with Crippen molar-refractivity contribution in [2.45, 2.75) is 154 Å². The Labute approximate surface area is 390 Å². The molecule has 9 N–H and O–H groups in total. The van der Waals surface area contributed by atoms with Gasteiger partial charge in [0.2, 0.25) is 17.7 Å². The third-order valence-corrected chi connectivity index (χ3v) is 12.5. The van der Waals surface area contributed by atoms with Crippen LogP contribution in [0.15, 0.2) is 96.3 Å². The summed E-state index contributed by atoms with van der Waals surface area (Å²) in [7, 11) is 0. The Morgan fingerprint density at radius 1 is 0.879 bits per heavy atom. The van der Waals surface area contributed by atoms with E-state index in [1.165, 1.54) is 12.1 Å². The number of aliphatic hydroxyl groups is 6. The molecule has 1 saturated heterocycles. The first-order valence-electron chi connectivity index (χ1n) is 23.6. The number of phenols is 1. The number of aromatic hydroxyl groups is 1. The Hall–Kier alpha value is -4.70. The maximum absolute atomic E-state index is 12.8. The molecule has 0 spiro atoms. The second kappa shape index (κ2) is 28.5. The number of β-lactam (4-membered cyclic amide) rings is 1. The van der Waals surface area contributed by atoms with Gasteiger partial charge in [-0.05, 0) is 84.2 Å². The Bertz CT molecular complexity index is 1930. The number of phenolic OH excluding ortho intramolecular Hbond substituents is 1. The zero-order valence-corrected chi connectivity index (χ0v) is 39.5. The molecule has 1 fully saturated rings. The second-order valence-corrected chi connectivity index (χ2v) is 18.1. The fourth-order valence-corrected chi connectivity index (χ4v) is 7.87. The molecule has 0 aromatic heterocycles.